The second-order valence-electron chi connectivity index (χ2n) is 24.9. The van der Waals surface area contributed by atoms with Gasteiger partial charge < -0.3 is 19.8 Å². The molecule has 0 aliphatic carbocycles. The molecule has 77 heavy (non-hydrogen) atoms. The van der Waals surface area contributed by atoms with Gasteiger partial charge in [-0.15, -0.1) is 0 Å². The van der Waals surface area contributed by atoms with E-state index >= 15 is 0 Å². The van der Waals surface area contributed by atoms with Crippen molar-refractivity contribution in [2.75, 3.05) is 40.9 Å². The fourth-order valence-electron chi connectivity index (χ4n) is 10.6. The van der Waals surface area contributed by atoms with E-state index < -0.39 is 20.0 Å². The van der Waals surface area contributed by atoms with Crippen LogP contribution in [0.1, 0.15) is 354 Å². The number of carbonyl (C=O) groups excluding carboxylic acids is 1. The number of unbranched alkanes of at least 4 members (excludes halogenated alkanes) is 49. The van der Waals surface area contributed by atoms with Gasteiger partial charge in [-0.25, -0.2) is 4.57 Å². The van der Waals surface area contributed by atoms with Crippen LogP contribution in [0.3, 0.4) is 0 Å². The number of amides is 1. The quantitative estimate of drug-likeness (QED) is 0.0243. The zero-order chi connectivity index (χ0) is 56.3. The summed E-state index contributed by atoms with van der Waals surface area (Å²) < 4.78 is 23.8. The third-order valence-electron chi connectivity index (χ3n) is 15.9. The van der Waals surface area contributed by atoms with Gasteiger partial charge in [0.1, 0.15) is 13.2 Å². The maximum Gasteiger partial charge on any atom is 0.472 e. The molecule has 0 saturated heterocycles. The summed E-state index contributed by atoms with van der Waals surface area (Å²) in [6.45, 7) is 4.86. The van der Waals surface area contributed by atoms with Crippen LogP contribution in [0.2, 0.25) is 0 Å². The van der Waals surface area contributed by atoms with E-state index in [2.05, 4.69) is 31.3 Å². The Hall–Kier alpha value is -1.02. The van der Waals surface area contributed by atoms with Crippen molar-refractivity contribution in [1.82, 2.24) is 5.32 Å². The number of aliphatic hydroxyl groups excluding tert-OH is 1. The zero-order valence-electron chi connectivity index (χ0n) is 52.5. The first-order valence-electron chi connectivity index (χ1n) is 34.2. The SMILES string of the molecule is CCCCCCCCCCCCCCCCCCCCCC/C=C/CC/C=C/C(O)C(COP(=O)(O)OCC[N+](C)(C)C)NC(=O)CCCCCCCCCCCCCCCCCCCCCCCCCCCCCCC. The standard InChI is InChI=1S/C68H135N2O6P/c1-6-8-10-12-14-16-18-20-22-24-26-28-30-32-34-35-36-38-40-42-44-46-48-50-52-54-56-58-60-62-68(72)69-66(65-76-77(73,74)75-64-63-70(3,4)5)67(71)61-59-57-55-53-51-49-47-45-43-41-39-37-33-31-29-27-25-23-21-19-17-15-13-11-9-7-2/h51,53,59,61,66-67,71H,6-50,52,54-58,60,62-65H2,1-5H3,(H-,69,72,73,74)/p+1/b53-51+,61-59+. The zero-order valence-corrected chi connectivity index (χ0v) is 53.4. The lowest BCUT2D eigenvalue weighted by Gasteiger charge is -2.25. The minimum Gasteiger partial charge on any atom is -0.387 e. The van der Waals surface area contributed by atoms with Crippen molar-refractivity contribution in [3.63, 3.8) is 0 Å². The first-order valence-corrected chi connectivity index (χ1v) is 35.7. The minimum absolute atomic E-state index is 0.0591. The third kappa shape index (κ3) is 62.4. The molecule has 0 aromatic heterocycles. The molecule has 0 aliphatic rings. The maximum absolute atomic E-state index is 13.0. The highest BCUT2D eigenvalue weighted by Crippen LogP contribution is 2.43. The number of aliphatic hydroxyl groups is 1. The molecule has 8 nitrogen and oxygen atoms in total. The molecular weight excluding hydrogens is 972 g/mol. The second-order valence-corrected chi connectivity index (χ2v) is 26.4. The van der Waals surface area contributed by atoms with Crippen LogP contribution in [0.25, 0.3) is 0 Å². The van der Waals surface area contributed by atoms with Crippen LogP contribution in [-0.4, -0.2) is 73.4 Å². The van der Waals surface area contributed by atoms with Gasteiger partial charge in [0.15, 0.2) is 0 Å². The Morgan fingerprint density at radius 2 is 0.714 bits per heavy atom. The van der Waals surface area contributed by atoms with E-state index in [-0.39, 0.29) is 19.1 Å². The van der Waals surface area contributed by atoms with Crippen molar-refractivity contribution in [1.29, 1.82) is 0 Å². The Bertz CT molecular complexity index is 1300. The predicted molar refractivity (Wildman–Crippen MR) is 337 cm³/mol. The van der Waals surface area contributed by atoms with E-state index in [9.17, 15) is 19.4 Å². The molecule has 3 atom stereocenters. The molecule has 458 valence electrons. The molecule has 0 spiro atoms. The molecular formula is C68H136N2O6P+. The molecule has 9 heteroatoms. The van der Waals surface area contributed by atoms with Crippen LogP contribution in [0.5, 0.6) is 0 Å². The average Bonchev–Trinajstić information content (AvgIpc) is 3.39. The van der Waals surface area contributed by atoms with Crippen LogP contribution in [0, 0.1) is 0 Å². The van der Waals surface area contributed by atoms with Crippen LogP contribution in [0.4, 0.5) is 0 Å². The Balaban J connectivity index is 4.08. The molecule has 0 saturated carbocycles. The number of rotatable bonds is 64. The third-order valence-corrected chi connectivity index (χ3v) is 16.9. The average molecular weight is 1110 g/mol. The summed E-state index contributed by atoms with van der Waals surface area (Å²) in [5.41, 5.74) is 0. The Labute approximate surface area is 481 Å². The molecule has 0 rings (SSSR count). The molecule has 3 unspecified atom stereocenters. The highest BCUT2D eigenvalue weighted by molar-refractivity contribution is 7.47. The highest BCUT2D eigenvalue weighted by atomic mass is 31.2. The van der Waals surface area contributed by atoms with Crippen LogP contribution in [-0.2, 0) is 18.4 Å². The molecule has 0 aliphatic heterocycles. The summed E-state index contributed by atoms with van der Waals surface area (Å²) in [5.74, 6) is -0.178. The molecule has 0 fully saturated rings. The van der Waals surface area contributed by atoms with Gasteiger partial charge in [-0.2, -0.15) is 0 Å². The van der Waals surface area contributed by atoms with Crippen molar-refractivity contribution < 1.29 is 32.9 Å². The van der Waals surface area contributed by atoms with Crippen molar-refractivity contribution in [3.8, 4) is 0 Å². The van der Waals surface area contributed by atoms with Crippen LogP contribution in [0.15, 0.2) is 24.3 Å². The van der Waals surface area contributed by atoms with E-state index in [1.807, 2.05) is 27.2 Å². The lowest BCUT2D eigenvalue weighted by molar-refractivity contribution is -0.870. The lowest BCUT2D eigenvalue weighted by Crippen LogP contribution is -2.45. The lowest BCUT2D eigenvalue weighted by atomic mass is 10.0. The van der Waals surface area contributed by atoms with Crippen molar-refractivity contribution in [2.45, 2.75) is 366 Å². The van der Waals surface area contributed by atoms with Gasteiger partial charge in [0.2, 0.25) is 5.91 Å². The predicted octanol–water partition coefficient (Wildman–Crippen LogP) is 21.5. The van der Waals surface area contributed by atoms with Gasteiger partial charge in [-0.3, -0.25) is 13.8 Å². The fourth-order valence-corrected chi connectivity index (χ4v) is 11.3. The summed E-state index contributed by atoms with van der Waals surface area (Å²) in [7, 11) is 1.57. The largest absolute Gasteiger partial charge is 0.472 e. The smallest absolute Gasteiger partial charge is 0.387 e. The molecule has 0 aromatic rings. The number of hydrogen-bond donors (Lipinski definition) is 3. The molecule has 0 bridgehead atoms. The van der Waals surface area contributed by atoms with Gasteiger partial charge in [0.25, 0.3) is 0 Å². The number of likely N-dealkylation sites (N-methyl/N-ethyl adjacent to an activating group) is 1. The number of allylic oxidation sites excluding steroid dienone is 3. The van der Waals surface area contributed by atoms with Crippen LogP contribution >= 0.6 is 7.82 Å². The van der Waals surface area contributed by atoms with E-state index in [0.717, 1.165) is 38.5 Å². The summed E-state index contributed by atoms with van der Waals surface area (Å²) in [6.07, 6.45) is 77.6. The maximum atomic E-state index is 13.0. The van der Waals surface area contributed by atoms with E-state index in [1.165, 1.54) is 295 Å². The summed E-state index contributed by atoms with van der Waals surface area (Å²) in [4.78, 5) is 23.4. The van der Waals surface area contributed by atoms with E-state index in [1.54, 1.807) is 6.08 Å². The fraction of sp³-hybridized carbons (Fsp3) is 0.926. The van der Waals surface area contributed by atoms with E-state index in [0.29, 0.717) is 17.4 Å². The number of phosphoric ester groups is 1. The van der Waals surface area contributed by atoms with Crippen molar-refractivity contribution >= 4 is 13.7 Å². The summed E-state index contributed by atoms with van der Waals surface area (Å²) >= 11 is 0. The Kier molecular flexibility index (Phi) is 58.8. The van der Waals surface area contributed by atoms with Gasteiger partial charge in [-0.05, 0) is 32.1 Å². The summed E-state index contributed by atoms with van der Waals surface area (Å²) in [6, 6.07) is -0.861. The minimum atomic E-state index is -4.36. The Morgan fingerprint density at radius 1 is 0.429 bits per heavy atom. The normalized spacial score (nSPS) is 13.8. The number of nitrogens with zero attached hydrogens (tertiary/aromatic N) is 1. The first-order chi connectivity index (χ1) is 37.5. The molecule has 0 aromatic carbocycles. The van der Waals surface area contributed by atoms with Crippen molar-refractivity contribution in [3.05, 3.63) is 24.3 Å². The number of phosphoric acid groups is 1. The topological polar surface area (TPSA) is 105 Å². The number of nitrogens with one attached hydrogen (secondary N) is 1. The van der Waals surface area contributed by atoms with E-state index in [4.69, 9.17) is 9.05 Å². The Morgan fingerprint density at radius 3 is 1.04 bits per heavy atom. The van der Waals surface area contributed by atoms with Crippen molar-refractivity contribution in [2.24, 2.45) is 0 Å². The van der Waals surface area contributed by atoms with Gasteiger partial charge in [0, 0.05) is 6.42 Å². The summed E-state index contributed by atoms with van der Waals surface area (Å²) in [5, 5.41) is 14.0. The van der Waals surface area contributed by atoms with Crippen LogP contribution < -0.4 is 5.32 Å². The molecule has 0 radical (unpaired) electrons. The van der Waals surface area contributed by atoms with Gasteiger partial charge >= 0.3 is 7.82 Å². The molecule has 0 heterocycles. The number of quaternary nitrogens is 1. The molecule has 3 N–H and O–H groups in total. The van der Waals surface area contributed by atoms with Gasteiger partial charge in [-0.1, -0.05) is 340 Å². The second kappa shape index (κ2) is 59.6. The number of carbonyl (C=O) groups is 1. The molecule has 1 amide bonds. The monoisotopic (exact) mass is 1110 g/mol. The highest BCUT2D eigenvalue weighted by Gasteiger charge is 2.28. The first kappa shape index (κ1) is 76.0. The number of hydrogen-bond acceptors (Lipinski definition) is 5. The van der Waals surface area contributed by atoms with Gasteiger partial charge in [0.05, 0.1) is 39.9 Å².